The van der Waals surface area contributed by atoms with Crippen LogP contribution in [0.15, 0.2) is 0 Å². The molecule has 10 heteroatoms. The number of sulfonamides is 1. The maximum Gasteiger partial charge on any atom is 1.00 e. The molecule has 0 amide bonds. The minimum atomic E-state index is -3.50. The van der Waals surface area contributed by atoms with E-state index in [1.807, 2.05) is 0 Å². The summed E-state index contributed by atoms with van der Waals surface area (Å²) in [5.41, 5.74) is 0. The van der Waals surface area contributed by atoms with Crippen molar-refractivity contribution in [3.8, 4) is 0 Å². The first-order chi connectivity index (χ1) is 7.69. The second kappa shape index (κ2) is 8.99. The molecule has 2 atom stereocenters. The van der Waals surface area contributed by atoms with Crippen LogP contribution in [0.2, 0.25) is 0 Å². The van der Waals surface area contributed by atoms with E-state index in [1.54, 1.807) is 0 Å². The first kappa shape index (κ1) is 22.1. The van der Waals surface area contributed by atoms with Crippen LogP contribution >= 0.6 is 0 Å². The number of carboxylic acids is 2. The van der Waals surface area contributed by atoms with E-state index in [1.165, 1.54) is 0 Å². The number of hydrogen-bond acceptors (Lipinski definition) is 6. The van der Waals surface area contributed by atoms with Gasteiger partial charge in [-0.25, -0.2) is 13.1 Å². The molecule has 1 saturated carbocycles. The standard InChI is InChI=1S/C9H15NO6S.2Na/c1-17(15,16)10-7-3-5(8(11)12)2-6(4-7)9(13)14;;/h5-7,10H,2-4H2,1H3,(H,11,12)(H,13,14);;/q;2*+1/p-2. The predicted octanol–water partition coefficient (Wildman–Crippen LogP) is -9.17. The molecule has 98 valence electrons. The molecule has 0 aromatic carbocycles. The molecule has 0 heterocycles. The third-order valence-corrected chi connectivity index (χ3v) is 3.52. The van der Waals surface area contributed by atoms with E-state index in [0.717, 1.165) is 6.26 Å². The minimum absolute atomic E-state index is 0. The number of nitrogens with one attached hydrogen (secondary N) is 1. The van der Waals surface area contributed by atoms with E-state index in [4.69, 9.17) is 0 Å². The van der Waals surface area contributed by atoms with E-state index in [0.29, 0.717) is 0 Å². The molecule has 0 saturated heterocycles. The number of carbonyl (C=O) groups excluding carboxylic acids is 2. The van der Waals surface area contributed by atoms with Crippen LogP contribution in [0.1, 0.15) is 19.3 Å². The summed E-state index contributed by atoms with van der Waals surface area (Å²) in [4.78, 5) is 21.5. The van der Waals surface area contributed by atoms with Crippen molar-refractivity contribution in [1.29, 1.82) is 0 Å². The Kier molecular flexibility index (Phi) is 10.5. The average Bonchev–Trinajstić information content (AvgIpc) is 2.14. The Hall–Kier alpha value is 0.850. The maximum absolute atomic E-state index is 11.0. The molecule has 7 nitrogen and oxygen atoms in total. The number of carboxylic acid groups (broad SMARTS) is 2. The van der Waals surface area contributed by atoms with Gasteiger partial charge in [-0.1, -0.05) is 0 Å². The van der Waals surface area contributed by atoms with Gasteiger partial charge in [0.15, 0.2) is 0 Å². The summed E-state index contributed by atoms with van der Waals surface area (Å²) in [6.07, 6.45) is 0.939. The van der Waals surface area contributed by atoms with Crippen LogP contribution in [0.3, 0.4) is 0 Å². The summed E-state index contributed by atoms with van der Waals surface area (Å²) in [5, 5.41) is 21.5. The molecule has 0 bridgehead atoms. The van der Waals surface area contributed by atoms with Gasteiger partial charge >= 0.3 is 59.1 Å². The van der Waals surface area contributed by atoms with Crippen molar-refractivity contribution in [2.24, 2.45) is 11.8 Å². The van der Waals surface area contributed by atoms with Gasteiger partial charge in [0.2, 0.25) is 10.0 Å². The Morgan fingerprint density at radius 1 is 1.00 bits per heavy atom. The molecule has 0 radical (unpaired) electrons. The fourth-order valence-electron chi connectivity index (χ4n) is 2.10. The molecule has 0 aromatic rings. The van der Waals surface area contributed by atoms with Crippen LogP contribution < -0.4 is 74.0 Å². The van der Waals surface area contributed by atoms with Crippen LogP contribution in [0, 0.1) is 11.8 Å². The molecular formula is C9H13NNa2O6S. The van der Waals surface area contributed by atoms with Crippen molar-refractivity contribution in [1.82, 2.24) is 4.72 Å². The van der Waals surface area contributed by atoms with Gasteiger partial charge in [-0.3, -0.25) is 0 Å². The topological polar surface area (TPSA) is 126 Å². The summed E-state index contributed by atoms with van der Waals surface area (Å²) in [6.45, 7) is 0. The zero-order chi connectivity index (χ0) is 13.2. The van der Waals surface area contributed by atoms with E-state index in [9.17, 15) is 28.2 Å². The molecule has 1 aliphatic carbocycles. The average molecular weight is 309 g/mol. The third-order valence-electron chi connectivity index (χ3n) is 2.75. The largest absolute Gasteiger partial charge is 1.00 e. The van der Waals surface area contributed by atoms with Gasteiger partial charge in [0.05, 0.1) is 6.26 Å². The molecule has 19 heavy (non-hydrogen) atoms. The van der Waals surface area contributed by atoms with Gasteiger partial charge in [-0.05, 0) is 19.3 Å². The van der Waals surface area contributed by atoms with Gasteiger partial charge in [-0.15, -0.1) is 0 Å². The van der Waals surface area contributed by atoms with E-state index < -0.39 is 39.8 Å². The Morgan fingerprint density at radius 3 is 1.63 bits per heavy atom. The van der Waals surface area contributed by atoms with Crippen LogP contribution in [0.4, 0.5) is 0 Å². The Bertz CT molecular complexity index is 404. The number of rotatable bonds is 4. The van der Waals surface area contributed by atoms with E-state index in [2.05, 4.69) is 4.72 Å². The molecule has 1 fully saturated rings. The minimum Gasteiger partial charge on any atom is -0.550 e. The SMILES string of the molecule is CS(=O)(=O)NC1CC(C(=O)[O-])CC(C(=O)[O-])C1.[Na+].[Na+]. The molecule has 0 aromatic heterocycles. The quantitative estimate of drug-likeness (QED) is 0.514. The fraction of sp³-hybridized carbons (Fsp3) is 0.778. The van der Waals surface area contributed by atoms with Gasteiger partial charge < -0.3 is 19.8 Å². The zero-order valence-electron chi connectivity index (χ0n) is 11.2. The van der Waals surface area contributed by atoms with Crippen molar-refractivity contribution in [2.45, 2.75) is 25.3 Å². The summed E-state index contributed by atoms with van der Waals surface area (Å²) < 4.78 is 24.2. The van der Waals surface area contributed by atoms with Gasteiger partial charge in [0.1, 0.15) is 0 Å². The molecule has 0 aliphatic heterocycles. The van der Waals surface area contributed by atoms with Crippen molar-refractivity contribution >= 4 is 22.0 Å². The number of hydrogen-bond donors (Lipinski definition) is 1. The first-order valence-electron chi connectivity index (χ1n) is 5.08. The smallest absolute Gasteiger partial charge is 0.550 e. The van der Waals surface area contributed by atoms with Crippen molar-refractivity contribution in [3.05, 3.63) is 0 Å². The Balaban J connectivity index is 0. The van der Waals surface area contributed by atoms with Crippen LogP contribution in [-0.4, -0.2) is 32.7 Å². The fourth-order valence-corrected chi connectivity index (χ4v) is 2.90. The molecule has 1 N–H and O–H groups in total. The van der Waals surface area contributed by atoms with Crippen LogP contribution in [0.5, 0.6) is 0 Å². The second-order valence-electron chi connectivity index (χ2n) is 4.33. The molecule has 0 spiro atoms. The van der Waals surface area contributed by atoms with Crippen molar-refractivity contribution < 1.29 is 87.3 Å². The summed E-state index contributed by atoms with van der Waals surface area (Å²) in [5.74, 6) is -4.66. The van der Waals surface area contributed by atoms with E-state index >= 15 is 0 Å². The van der Waals surface area contributed by atoms with Gasteiger partial charge in [0.25, 0.3) is 0 Å². The second-order valence-corrected chi connectivity index (χ2v) is 6.11. The monoisotopic (exact) mass is 309 g/mol. The summed E-state index contributed by atoms with van der Waals surface area (Å²) >= 11 is 0. The third kappa shape index (κ3) is 8.01. The predicted molar refractivity (Wildman–Crippen MR) is 52.6 cm³/mol. The Labute approximate surface area is 156 Å². The molecular weight excluding hydrogens is 296 g/mol. The normalized spacial score (nSPS) is 26.7. The molecule has 1 aliphatic rings. The molecule has 2 unspecified atom stereocenters. The summed E-state index contributed by atoms with van der Waals surface area (Å²) in [6, 6.07) is -0.704. The number of carbonyl (C=O) groups is 2. The zero-order valence-corrected chi connectivity index (χ0v) is 16.0. The first-order valence-corrected chi connectivity index (χ1v) is 6.97. The van der Waals surface area contributed by atoms with Crippen LogP contribution in [0.25, 0.3) is 0 Å². The van der Waals surface area contributed by atoms with Gasteiger partial charge in [0, 0.05) is 29.8 Å². The van der Waals surface area contributed by atoms with Crippen molar-refractivity contribution in [3.63, 3.8) is 0 Å². The maximum atomic E-state index is 11.0. The van der Waals surface area contributed by atoms with E-state index in [-0.39, 0.29) is 78.4 Å². The summed E-state index contributed by atoms with van der Waals surface area (Å²) in [7, 11) is -3.50. The molecule has 1 rings (SSSR count). The van der Waals surface area contributed by atoms with Gasteiger partial charge in [-0.2, -0.15) is 0 Å². The number of aliphatic carboxylic acids is 2. The van der Waals surface area contributed by atoms with Crippen LogP contribution in [-0.2, 0) is 19.6 Å². The van der Waals surface area contributed by atoms with Crippen molar-refractivity contribution in [2.75, 3.05) is 6.26 Å². The Morgan fingerprint density at radius 2 is 1.37 bits per heavy atom.